The maximum Gasteiger partial charge on any atom is 0.326 e. The number of likely N-dealkylation sites (tertiary alicyclic amines) is 1. The predicted molar refractivity (Wildman–Crippen MR) is 96.6 cm³/mol. The van der Waals surface area contributed by atoms with Crippen LogP contribution in [-0.2, 0) is 39.5 Å². The van der Waals surface area contributed by atoms with Crippen molar-refractivity contribution >= 4 is 17.8 Å². The number of nitrogens with zero attached hydrogens (tertiary/aromatic N) is 1. The summed E-state index contributed by atoms with van der Waals surface area (Å²) < 4.78 is 5.09. The Labute approximate surface area is 175 Å². The van der Waals surface area contributed by atoms with E-state index in [2.05, 4.69) is 5.32 Å². The van der Waals surface area contributed by atoms with Gasteiger partial charge < -0.3 is 14.7 Å². The van der Waals surface area contributed by atoms with E-state index < -0.39 is 24.1 Å². The first-order valence-corrected chi connectivity index (χ1v) is 9.88. The Bertz CT molecular complexity index is 530. The van der Waals surface area contributed by atoms with Gasteiger partial charge in [0.2, 0.25) is 5.91 Å². The van der Waals surface area contributed by atoms with Gasteiger partial charge in [-0.25, -0.2) is 4.79 Å². The zero-order chi connectivity index (χ0) is 19.3. The summed E-state index contributed by atoms with van der Waals surface area (Å²) in [6.45, 7) is 5.72. The molecule has 0 bridgehead atoms. The van der Waals surface area contributed by atoms with Crippen LogP contribution >= 0.6 is 0 Å². The van der Waals surface area contributed by atoms with Gasteiger partial charge in [0.25, 0.3) is 0 Å². The topological polar surface area (TPSA) is 95.9 Å². The number of carboxylic acids is 1. The van der Waals surface area contributed by atoms with Crippen molar-refractivity contribution in [2.24, 2.45) is 5.92 Å². The summed E-state index contributed by atoms with van der Waals surface area (Å²) in [6, 6.07) is -1.92. The van der Waals surface area contributed by atoms with Crippen LogP contribution in [0.3, 0.4) is 0 Å². The molecule has 7 nitrogen and oxygen atoms in total. The van der Waals surface area contributed by atoms with Crippen molar-refractivity contribution in [3.8, 4) is 0 Å². The number of ether oxygens (including phenoxy) is 1. The summed E-state index contributed by atoms with van der Waals surface area (Å²) in [5, 5.41) is 12.7. The van der Waals surface area contributed by atoms with Gasteiger partial charge in [-0.1, -0.05) is 26.2 Å². The molecule has 1 heterocycles. The fraction of sp³-hybridized carbons (Fsp3) is 0.842. The van der Waals surface area contributed by atoms with Gasteiger partial charge in [-0.05, 0) is 45.4 Å². The molecule has 0 spiro atoms. The molecule has 1 aliphatic heterocycles. The minimum Gasteiger partial charge on any atom is -0.480 e. The predicted octanol–water partition coefficient (Wildman–Crippen LogP) is 1.94. The van der Waals surface area contributed by atoms with E-state index in [-0.39, 0.29) is 44.3 Å². The number of fused-ring (bicyclic) bond motifs is 1. The molecule has 0 aromatic heterocycles. The Morgan fingerprint density at radius 1 is 1.22 bits per heavy atom. The molecule has 5 atom stereocenters. The number of esters is 1. The smallest absolute Gasteiger partial charge is 0.326 e. The Balaban J connectivity index is 0.00000364. The summed E-state index contributed by atoms with van der Waals surface area (Å²) in [4.78, 5) is 38.5. The first kappa shape index (κ1) is 24.1. The maximum absolute atomic E-state index is 13.1. The van der Waals surface area contributed by atoms with Crippen LogP contribution in [0.1, 0.15) is 65.7 Å². The van der Waals surface area contributed by atoms with Crippen LogP contribution < -0.4 is 5.32 Å². The van der Waals surface area contributed by atoms with Crippen molar-refractivity contribution in [3.05, 3.63) is 0 Å². The molecule has 1 saturated carbocycles. The number of hydrogen-bond donors (Lipinski definition) is 2. The van der Waals surface area contributed by atoms with Gasteiger partial charge in [0, 0.05) is 26.5 Å². The molecule has 158 valence electrons. The van der Waals surface area contributed by atoms with Crippen molar-refractivity contribution in [3.63, 3.8) is 0 Å². The number of hydrogen-bond acceptors (Lipinski definition) is 5. The van der Waals surface area contributed by atoms with E-state index in [1.54, 1.807) is 18.7 Å². The number of carboxylic acid groups (broad SMARTS) is 1. The van der Waals surface area contributed by atoms with E-state index in [0.29, 0.717) is 19.4 Å². The number of carbonyl (C=O) groups is 3. The largest absolute Gasteiger partial charge is 0.480 e. The third-order valence-electron chi connectivity index (χ3n) is 5.60. The van der Waals surface area contributed by atoms with Crippen molar-refractivity contribution in [1.29, 1.82) is 0 Å². The van der Waals surface area contributed by atoms with E-state index in [0.717, 1.165) is 32.1 Å². The van der Waals surface area contributed by atoms with E-state index in [9.17, 15) is 19.5 Å². The van der Waals surface area contributed by atoms with E-state index in [1.165, 1.54) is 0 Å². The Hall–Kier alpha value is -0.968. The second-order valence-electron chi connectivity index (χ2n) is 7.43. The molecule has 2 N–H and O–H groups in total. The molecule has 0 aromatic carbocycles. The second kappa shape index (κ2) is 11.1. The van der Waals surface area contributed by atoms with Crippen molar-refractivity contribution in [2.45, 2.75) is 89.9 Å². The quantitative estimate of drug-likeness (QED) is 0.412. The molecule has 1 aliphatic carbocycles. The molecule has 1 saturated heterocycles. The fourth-order valence-electron chi connectivity index (χ4n) is 4.39. The van der Waals surface area contributed by atoms with E-state index >= 15 is 0 Å². The molecule has 0 radical (unpaired) electrons. The number of aliphatic carboxylic acids is 1. The molecule has 8 heteroatoms. The third-order valence-corrected chi connectivity index (χ3v) is 5.60. The first-order valence-electron chi connectivity index (χ1n) is 9.88. The number of rotatable bonds is 8. The monoisotopic (exact) mass is 474 g/mol. The van der Waals surface area contributed by atoms with Crippen LogP contribution in [0.25, 0.3) is 0 Å². The Morgan fingerprint density at radius 2 is 1.89 bits per heavy atom. The SMILES string of the molecule is CCC[C@H](N[C@@H](C)C(=O)N1[C@H](C(=O)O)C[C@@H]2CCCC[C@@H]21)C(=O)OCC.[Pd]. The van der Waals surface area contributed by atoms with Crippen LogP contribution in [0.4, 0.5) is 0 Å². The summed E-state index contributed by atoms with van der Waals surface area (Å²) in [6.07, 6.45) is 5.87. The first-order chi connectivity index (χ1) is 12.4. The standard InChI is InChI=1S/C19H32N2O5.Pd/c1-4-8-14(19(25)26-5-2)20-12(3)17(22)21-15-10-7-6-9-13(15)11-16(21)18(23)24;/h12-16,20H,4-11H2,1-3H3,(H,23,24);/t12-,13-,14-,15-,16-;/m0./s1. The zero-order valence-electron chi connectivity index (χ0n) is 16.4. The number of carbonyl (C=O) groups excluding carboxylic acids is 2. The number of nitrogens with one attached hydrogen (secondary N) is 1. The summed E-state index contributed by atoms with van der Waals surface area (Å²) >= 11 is 0. The minimum atomic E-state index is -0.935. The third kappa shape index (κ3) is 5.76. The minimum absolute atomic E-state index is 0. The van der Waals surface area contributed by atoms with Gasteiger partial charge >= 0.3 is 11.9 Å². The average Bonchev–Trinajstić information content (AvgIpc) is 3.00. The molecule has 2 rings (SSSR count). The van der Waals surface area contributed by atoms with Gasteiger partial charge in [0.1, 0.15) is 12.1 Å². The van der Waals surface area contributed by atoms with Crippen LogP contribution in [0.2, 0.25) is 0 Å². The van der Waals surface area contributed by atoms with Gasteiger partial charge in [-0.3, -0.25) is 14.9 Å². The summed E-state index contributed by atoms with van der Waals surface area (Å²) in [7, 11) is 0. The van der Waals surface area contributed by atoms with Crippen LogP contribution in [0.5, 0.6) is 0 Å². The number of amides is 1. The Morgan fingerprint density at radius 3 is 2.48 bits per heavy atom. The van der Waals surface area contributed by atoms with Crippen molar-refractivity contribution in [2.75, 3.05) is 6.61 Å². The maximum atomic E-state index is 13.1. The molecular formula is C19H32N2O5Pd. The van der Waals surface area contributed by atoms with Crippen LogP contribution in [0, 0.1) is 5.92 Å². The van der Waals surface area contributed by atoms with Crippen LogP contribution in [0.15, 0.2) is 0 Å². The molecule has 0 aromatic rings. The molecule has 0 unspecified atom stereocenters. The molecule has 1 amide bonds. The molecular weight excluding hydrogens is 443 g/mol. The van der Waals surface area contributed by atoms with Gasteiger partial charge in [-0.2, -0.15) is 0 Å². The van der Waals surface area contributed by atoms with E-state index in [1.807, 2.05) is 6.92 Å². The van der Waals surface area contributed by atoms with Gasteiger partial charge in [0.15, 0.2) is 0 Å². The second-order valence-corrected chi connectivity index (χ2v) is 7.43. The summed E-state index contributed by atoms with van der Waals surface area (Å²) in [5.41, 5.74) is 0. The molecule has 2 aliphatic rings. The van der Waals surface area contributed by atoms with Gasteiger partial charge in [-0.15, -0.1) is 0 Å². The van der Waals surface area contributed by atoms with Crippen molar-refractivity contribution < 1.29 is 44.6 Å². The zero-order valence-corrected chi connectivity index (χ0v) is 17.9. The van der Waals surface area contributed by atoms with Crippen molar-refractivity contribution in [1.82, 2.24) is 10.2 Å². The van der Waals surface area contributed by atoms with Crippen LogP contribution in [-0.4, -0.2) is 58.6 Å². The van der Waals surface area contributed by atoms with Gasteiger partial charge in [0.05, 0.1) is 12.6 Å². The van der Waals surface area contributed by atoms with E-state index in [4.69, 9.17) is 4.74 Å². The Kier molecular flexibility index (Phi) is 9.93. The molecule has 2 fully saturated rings. The average molecular weight is 475 g/mol. The molecule has 27 heavy (non-hydrogen) atoms. The fourth-order valence-corrected chi connectivity index (χ4v) is 4.39. The summed E-state index contributed by atoms with van der Waals surface area (Å²) in [5.74, 6) is -1.24. The normalized spacial score (nSPS) is 26.5.